The van der Waals surface area contributed by atoms with E-state index in [1.807, 2.05) is 0 Å². The summed E-state index contributed by atoms with van der Waals surface area (Å²) in [4.78, 5) is 0. The highest BCUT2D eigenvalue weighted by atomic mass is 32.2. The van der Waals surface area contributed by atoms with Crippen molar-refractivity contribution in [1.82, 2.24) is 5.32 Å². The highest BCUT2D eigenvalue weighted by Crippen LogP contribution is 2.53. The van der Waals surface area contributed by atoms with E-state index in [9.17, 15) is 4.21 Å². The van der Waals surface area contributed by atoms with Gasteiger partial charge in [-0.25, -0.2) is 0 Å². The molecule has 2 saturated carbocycles. The molecule has 0 aliphatic heterocycles. The van der Waals surface area contributed by atoms with Crippen molar-refractivity contribution in [3.8, 4) is 0 Å². The smallest absolute Gasteiger partial charge is 0.0661 e. The number of rotatable bonds is 6. The highest BCUT2D eigenvalue weighted by molar-refractivity contribution is 7.84. The number of nitrogens with one attached hydrogen (secondary N) is 1. The van der Waals surface area contributed by atoms with Crippen LogP contribution in [0.5, 0.6) is 0 Å². The van der Waals surface area contributed by atoms with Crippen LogP contribution in [-0.4, -0.2) is 41.5 Å². The van der Waals surface area contributed by atoms with E-state index >= 15 is 0 Å². The van der Waals surface area contributed by atoms with Crippen molar-refractivity contribution in [3.63, 3.8) is 0 Å². The molecule has 0 aromatic heterocycles. The Balaban J connectivity index is 1.88. The number of hydrogen-bond acceptors (Lipinski definition) is 3. The Morgan fingerprint density at radius 2 is 2.06 bits per heavy atom. The molecule has 2 fully saturated rings. The molecule has 0 heterocycles. The molecule has 2 rings (SSSR count). The molecule has 2 aliphatic carbocycles. The van der Waals surface area contributed by atoms with E-state index in [1.165, 1.54) is 32.1 Å². The maximum Gasteiger partial charge on any atom is 0.0661 e. The minimum atomic E-state index is -0.682. The summed E-state index contributed by atoms with van der Waals surface area (Å²) < 4.78 is 17.0. The van der Waals surface area contributed by atoms with Crippen molar-refractivity contribution in [3.05, 3.63) is 0 Å². The molecule has 0 aromatic carbocycles. The van der Waals surface area contributed by atoms with Crippen molar-refractivity contribution in [1.29, 1.82) is 0 Å². The first-order valence-electron chi connectivity index (χ1n) is 7.34. The van der Waals surface area contributed by atoms with Gasteiger partial charge in [0.25, 0.3) is 0 Å². The Morgan fingerprint density at radius 3 is 2.67 bits per heavy atom. The fraction of sp³-hybridized carbons (Fsp3) is 1.00. The summed E-state index contributed by atoms with van der Waals surface area (Å²) in [6.45, 7) is 3.81. The summed E-state index contributed by atoms with van der Waals surface area (Å²) in [5, 5.41) is 3.63. The van der Waals surface area contributed by atoms with E-state index < -0.39 is 10.8 Å². The van der Waals surface area contributed by atoms with Crippen LogP contribution in [0.25, 0.3) is 0 Å². The minimum absolute atomic E-state index is 0.392. The molecule has 1 N–H and O–H groups in total. The Hall–Kier alpha value is 0.0700. The summed E-state index contributed by atoms with van der Waals surface area (Å²) >= 11 is 0. The Bertz CT molecular complexity index is 290. The van der Waals surface area contributed by atoms with Crippen molar-refractivity contribution in [2.45, 2.75) is 57.6 Å². The maximum absolute atomic E-state index is 11.1. The lowest BCUT2D eigenvalue weighted by atomic mass is 9.55. The average molecular weight is 273 g/mol. The molecule has 3 nitrogen and oxygen atoms in total. The van der Waals surface area contributed by atoms with Gasteiger partial charge in [0.15, 0.2) is 0 Å². The van der Waals surface area contributed by atoms with E-state index in [0.29, 0.717) is 17.6 Å². The molecule has 0 amide bonds. The quantitative estimate of drug-likeness (QED) is 0.805. The van der Waals surface area contributed by atoms with Crippen LogP contribution in [0.15, 0.2) is 0 Å². The third-order valence-corrected chi connectivity index (χ3v) is 5.50. The van der Waals surface area contributed by atoms with Gasteiger partial charge in [0.05, 0.1) is 6.10 Å². The van der Waals surface area contributed by atoms with Gasteiger partial charge in [-0.1, -0.05) is 19.3 Å². The van der Waals surface area contributed by atoms with E-state index in [4.69, 9.17) is 4.74 Å². The molecule has 106 valence electrons. The first-order valence-corrected chi connectivity index (χ1v) is 9.07. The molecule has 0 saturated heterocycles. The van der Waals surface area contributed by atoms with Crippen LogP contribution < -0.4 is 5.32 Å². The van der Waals surface area contributed by atoms with Crippen LogP contribution in [0, 0.1) is 5.41 Å². The summed E-state index contributed by atoms with van der Waals surface area (Å²) in [6.07, 6.45) is 10.1. The van der Waals surface area contributed by atoms with E-state index in [1.54, 1.807) is 6.26 Å². The summed E-state index contributed by atoms with van der Waals surface area (Å²) in [5.41, 5.74) is 0.392. The van der Waals surface area contributed by atoms with Gasteiger partial charge in [-0.05, 0) is 26.2 Å². The third-order valence-electron chi connectivity index (χ3n) is 4.72. The Kier molecular flexibility index (Phi) is 5.22. The zero-order valence-electron chi connectivity index (χ0n) is 11.7. The molecule has 0 bridgehead atoms. The van der Waals surface area contributed by atoms with Crippen molar-refractivity contribution >= 4 is 10.8 Å². The van der Waals surface area contributed by atoms with Gasteiger partial charge in [-0.2, -0.15) is 0 Å². The molecule has 0 radical (unpaired) electrons. The lowest BCUT2D eigenvalue weighted by Crippen LogP contribution is -2.64. The molecule has 18 heavy (non-hydrogen) atoms. The van der Waals surface area contributed by atoms with Crippen LogP contribution in [0.4, 0.5) is 0 Å². The summed E-state index contributed by atoms with van der Waals surface area (Å²) in [6, 6.07) is 0.595. The fourth-order valence-electron chi connectivity index (χ4n) is 3.73. The molecular formula is C14H27NO2S. The van der Waals surface area contributed by atoms with Crippen molar-refractivity contribution < 1.29 is 8.95 Å². The topological polar surface area (TPSA) is 38.3 Å². The Labute approximate surface area is 114 Å². The van der Waals surface area contributed by atoms with Crippen LogP contribution >= 0.6 is 0 Å². The average Bonchev–Trinajstić information content (AvgIpc) is 2.37. The second-order valence-corrected chi connectivity index (χ2v) is 7.31. The zero-order valence-corrected chi connectivity index (χ0v) is 12.6. The normalized spacial score (nSPS) is 32.1. The molecule has 4 heteroatoms. The zero-order chi connectivity index (χ0) is 13.0. The molecule has 2 aliphatic rings. The van der Waals surface area contributed by atoms with E-state index in [2.05, 4.69) is 12.2 Å². The van der Waals surface area contributed by atoms with Crippen LogP contribution in [0.3, 0.4) is 0 Å². The van der Waals surface area contributed by atoms with Gasteiger partial charge in [-0.15, -0.1) is 0 Å². The standard InChI is InChI=1S/C14H27NO2S/c1-3-17-13-11-12(15-9-10-18(2)16)14(13)7-5-4-6-8-14/h12-13,15H,3-11H2,1-2H3. The number of ether oxygens (including phenoxy) is 1. The maximum atomic E-state index is 11.1. The predicted octanol–water partition coefficient (Wildman–Crippen LogP) is 2.08. The minimum Gasteiger partial charge on any atom is -0.378 e. The lowest BCUT2D eigenvalue weighted by Gasteiger charge is -2.58. The van der Waals surface area contributed by atoms with Crippen molar-refractivity contribution in [2.75, 3.05) is 25.2 Å². The largest absolute Gasteiger partial charge is 0.378 e. The van der Waals surface area contributed by atoms with Crippen LogP contribution in [-0.2, 0) is 15.5 Å². The van der Waals surface area contributed by atoms with Gasteiger partial charge in [0.1, 0.15) is 0 Å². The first kappa shape index (κ1) is 14.5. The second-order valence-electron chi connectivity index (χ2n) is 5.76. The number of hydrogen-bond donors (Lipinski definition) is 1. The van der Waals surface area contributed by atoms with Gasteiger partial charge in [0.2, 0.25) is 0 Å². The second kappa shape index (κ2) is 6.49. The summed E-state index contributed by atoms with van der Waals surface area (Å²) in [7, 11) is -0.682. The molecule has 3 atom stereocenters. The van der Waals surface area contributed by atoms with Gasteiger partial charge < -0.3 is 10.1 Å². The fourth-order valence-corrected chi connectivity index (χ4v) is 4.13. The predicted molar refractivity (Wildman–Crippen MR) is 76.3 cm³/mol. The van der Waals surface area contributed by atoms with Crippen LogP contribution in [0.2, 0.25) is 0 Å². The monoisotopic (exact) mass is 273 g/mol. The van der Waals surface area contributed by atoms with Gasteiger partial charge in [0, 0.05) is 47.4 Å². The van der Waals surface area contributed by atoms with Crippen LogP contribution in [0.1, 0.15) is 45.4 Å². The molecular weight excluding hydrogens is 246 g/mol. The SMILES string of the molecule is CCOC1CC(NCCS(C)=O)C12CCCCC2. The molecule has 1 spiro atoms. The third kappa shape index (κ3) is 2.97. The van der Waals surface area contributed by atoms with E-state index in [0.717, 1.165) is 25.3 Å². The van der Waals surface area contributed by atoms with E-state index in [-0.39, 0.29) is 0 Å². The van der Waals surface area contributed by atoms with Gasteiger partial charge >= 0.3 is 0 Å². The lowest BCUT2D eigenvalue weighted by molar-refractivity contribution is -0.149. The first-order chi connectivity index (χ1) is 8.69. The molecule has 0 aromatic rings. The molecule has 3 unspecified atom stereocenters. The van der Waals surface area contributed by atoms with Gasteiger partial charge in [-0.3, -0.25) is 4.21 Å². The van der Waals surface area contributed by atoms with Crippen molar-refractivity contribution in [2.24, 2.45) is 5.41 Å². The summed E-state index contributed by atoms with van der Waals surface area (Å²) in [5.74, 6) is 0.770. The highest BCUT2D eigenvalue weighted by Gasteiger charge is 2.55. The Morgan fingerprint density at radius 1 is 1.33 bits per heavy atom.